The van der Waals surface area contributed by atoms with Gasteiger partial charge in [0.25, 0.3) is 0 Å². The van der Waals surface area contributed by atoms with Crippen molar-refractivity contribution >= 4 is 34.3 Å². The molecule has 2 atom stereocenters. The van der Waals surface area contributed by atoms with Crippen molar-refractivity contribution in [3.8, 4) is 0 Å². The Balaban J connectivity index is 1.60. The average Bonchev–Trinajstić information content (AvgIpc) is 3.09. The van der Waals surface area contributed by atoms with Crippen LogP contribution in [0, 0.1) is 0 Å². The van der Waals surface area contributed by atoms with Crippen LogP contribution in [0.5, 0.6) is 0 Å². The molecule has 0 amide bonds. The van der Waals surface area contributed by atoms with Crippen LogP contribution in [0.25, 0.3) is 11.0 Å². The molecule has 2 aliphatic heterocycles. The summed E-state index contributed by atoms with van der Waals surface area (Å²) in [6.07, 6.45) is 7.53. The summed E-state index contributed by atoms with van der Waals surface area (Å²) in [6.45, 7) is 4.06. The quantitative estimate of drug-likeness (QED) is 0.772. The molecule has 3 heterocycles. The van der Waals surface area contributed by atoms with E-state index in [0.29, 0.717) is 34.6 Å². The van der Waals surface area contributed by atoms with Crippen molar-refractivity contribution in [1.29, 1.82) is 0 Å². The normalized spacial score (nSPS) is 24.2. The Morgan fingerprint density at radius 2 is 2.23 bits per heavy atom. The van der Waals surface area contributed by atoms with Crippen LogP contribution in [0.4, 0.5) is 0 Å². The Morgan fingerprint density at radius 3 is 3.08 bits per heavy atom. The SMILES string of the molecule is CSCC[C@H]1CN2CCC[C@H]2CN1Cc1coc2ccc(Cl)cc2c1=O. The zero-order chi connectivity index (χ0) is 18.1. The van der Waals surface area contributed by atoms with Gasteiger partial charge in [-0.1, -0.05) is 11.6 Å². The van der Waals surface area contributed by atoms with Crippen LogP contribution < -0.4 is 5.43 Å². The van der Waals surface area contributed by atoms with Gasteiger partial charge in [0.05, 0.1) is 11.6 Å². The third-order valence-electron chi connectivity index (χ3n) is 5.74. The number of benzene rings is 1. The van der Waals surface area contributed by atoms with Gasteiger partial charge in [0.1, 0.15) is 5.58 Å². The standard InChI is InChI=1S/C20H25ClN2O2S/c1-26-8-6-17-11-22-7-2-3-16(22)12-23(17)10-14-13-25-19-5-4-15(21)9-18(19)20(14)24/h4-5,9,13,16-17H,2-3,6-8,10-12H2,1H3/t16-,17-/m0/s1. The summed E-state index contributed by atoms with van der Waals surface area (Å²) in [7, 11) is 0. The molecule has 2 fully saturated rings. The first-order valence-corrected chi connectivity index (χ1v) is 11.1. The van der Waals surface area contributed by atoms with E-state index in [0.717, 1.165) is 30.8 Å². The molecule has 6 heteroatoms. The molecule has 0 bridgehead atoms. The van der Waals surface area contributed by atoms with E-state index in [1.807, 2.05) is 11.8 Å². The maximum Gasteiger partial charge on any atom is 0.197 e. The largest absolute Gasteiger partial charge is 0.464 e. The first-order chi connectivity index (χ1) is 12.7. The van der Waals surface area contributed by atoms with Crippen molar-refractivity contribution in [2.75, 3.05) is 31.6 Å². The molecule has 2 aliphatic rings. The van der Waals surface area contributed by atoms with Crippen molar-refractivity contribution in [3.05, 3.63) is 45.3 Å². The van der Waals surface area contributed by atoms with Crippen LogP contribution in [0.1, 0.15) is 24.8 Å². The molecule has 1 aromatic heterocycles. The van der Waals surface area contributed by atoms with E-state index < -0.39 is 0 Å². The Hall–Kier alpha value is -1.01. The number of piperazine rings is 1. The topological polar surface area (TPSA) is 36.7 Å². The maximum absolute atomic E-state index is 12.9. The highest BCUT2D eigenvalue weighted by Gasteiger charge is 2.36. The molecule has 4 rings (SSSR count). The maximum atomic E-state index is 12.9. The fraction of sp³-hybridized carbons (Fsp3) is 0.550. The number of halogens is 1. The van der Waals surface area contributed by atoms with Crippen LogP contribution in [-0.4, -0.2) is 53.5 Å². The predicted octanol–water partition coefficient (Wildman–Crippen LogP) is 3.85. The van der Waals surface area contributed by atoms with Gasteiger partial charge in [-0.3, -0.25) is 14.6 Å². The lowest BCUT2D eigenvalue weighted by Gasteiger charge is -2.43. The molecule has 0 radical (unpaired) electrons. The molecular formula is C20H25ClN2O2S. The summed E-state index contributed by atoms with van der Waals surface area (Å²) in [4.78, 5) is 18.1. The number of hydrogen-bond donors (Lipinski definition) is 0. The second-order valence-electron chi connectivity index (χ2n) is 7.39. The summed E-state index contributed by atoms with van der Waals surface area (Å²) in [5, 5.41) is 1.15. The third kappa shape index (κ3) is 3.68. The van der Waals surface area contributed by atoms with Crippen molar-refractivity contribution in [2.45, 2.75) is 37.9 Å². The van der Waals surface area contributed by atoms with Gasteiger partial charge in [0, 0.05) is 42.3 Å². The van der Waals surface area contributed by atoms with Crippen LogP contribution in [0.2, 0.25) is 5.02 Å². The Bertz CT molecular complexity index is 840. The minimum absolute atomic E-state index is 0.0474. The number of nitrogens with zero attached hydrogens (tertiary/aromatic N) is 2. The van der Waals surface area contributed by atoms with Gasteiger partial charge in [0.2, 0.25) is 0 Å². The van der Waals surface area contributed by atoms with E-state index in [2.05, 4.69) is 16.1 Å². The van der Waals surface area contributed by atoms with Gasteiger partial charge in [-0.15, -0.1) is 0 Å². The van der Waals surface area contributed by atoms with Crippen molar-refractivity contribution < 1.29 is 4.42 Å². The number of fused-ring (bicyclic) bond motifs is 2. The Kier molecular flexibility index (Phi) is 5.60. The summed E-state index contributed by atoms with van der Waals surface area (Å²) < 4.78 is 5.72. The second-order valence-corrected chi connectivity index (χ2v) is 8.81. The zero-order valence-corrected chi connectivity index (χ0v) is 16.7. The van der Waals surface area contributed by atoms with E-state index in [1.165, 1.54) is 19.4 Å². The number of thioether (sulfide) groups is 1. The van der Waals surface area contributed by atoms with Gasteiger partial charge in [-0.25, -0.2) is 0 Å². The smallest absolute Gasteiger partial charge is 0.197 e. The first-order valence-electron chi connectivity index (χ1n) is 9.32. The Morgan fingerprint density at radius 1 is 1.35 bits per heavy atom. The number of rotatable bonds is 5. The van der Waals surface area contributed by atoms with Gasteiger partial charge in [-0.2, -0.15) is 11.8 Å². The summed E-state index contributed by atoms with van der Waals surface area (Å²) in [6, 6.07) is 6.38. The zero-order valence-electron chi connectivity index (χ0n) is 15.1. The molecule has 1 aromatic carbocycles. The lowest BCUT2D eigenvalue weighted by atomic mass is 10.0. The van der Waals surface area contributed by atoms with Crippen LogP contribution in [0.15, 0.2) is 33.7 Å². The monoisotopic (exact) mass is 392 g/mol. The molecule has 2 aromatic rings. The molecule has 140 valence electrons. The van der Waals surface area contributed by atoms with Crippen molar-refractivity contribution in [1.82, 2.24) is 9.80 Å². The summed E-state index contributed by atoms with van der Waals surface area (Å²) in [5.74, 6) is 1.15. The molecule has 4 nitrogen and oxygen atoms in total. The van der Waals surface area contributed by atoms with Gasteiger partial charge < -0.3 is 4.42 Å². The number of hydrogen-bond acceptors (Lipinski definition) is 5. The highest BCUT2D eigenvalue weighted by Crippen LogP contribution is 2.27. The van der Waals surface area contributed by atoms with E-state index >= 15 is 0 Å². The fourth-order valence-corrected chi connectivity index (χ4v) is 5.02. The van der Waals surface area contributed by atoms with E-state index in [-0.39, 0.29) is 5.43 Å². The van der Waals surface area contributed by atoms with Gasteiger partial charge in [-0.05, 0) is 56.0 Å². The third-order valence-corrected chi connectivity index (χ3v) is 6.62. The lowest BCUT2D eigenvalue weighted by Crippen LogP contribution is -2.56. The fourth-order valence-electron chi connectivity index (χ4n) is 4.34. The minimum atomic E-state index is 0.0474. The molecule has 0 saturated carbocycles. The van der Waals surface area contributed by atoms with Gasteiger partial charge >= 0.3 is 0 Å². The van der Waals surface area contributed by atoms with Crippen LogP contribution in [0.3, 0.4) is 0 Å². The molecule has 2 saturated heterocycles. The second kappa shape index (κ2) is 7.93. The highest BCUT2D eigenvalue weighted by atomic mass is 35.5. The Labute approximate surface area is 163 Å². The molecular weight excluding hydrogens is 368 g/mol. The summed E-state index contributed by atoms with van der Waals surface area (Å²) in [5.41, 5.74) is 1.38. The van der Waals surface area contributed by atoms with E-state index in [1.54, 1.807) is 24.5 Å². The average molecular weight is 393 g/mol. The van der Waals surface area contributed by atoms with Crippen molar-refractivity contribution in [3.63, 3.8) is 0 Å². The van der Waals surface area contributed by atoms with Crippen molar-refractivity contribution in [2.24, 2.45) is 0 Å². The first kappa shape index (κ1) is 18.4. The highest BCUT2D eigenvalue weighted by molar-refractivity contribution is 7.98. The van der Waals surface area contributed by atoms with E-state index in [9.17, 15) is 4.79 Å². The summed E-state index contributed by atoms with van der Waals surface area (Å²) >= 11 is 7.97. The lowest BCUT2D eigenvalue weighted by molar-refractivity contribution is 0.0437. The van der Waals surface area contributed by atoms with E-state index in [4.69, 9.17) is 16.0 Å². The predicted molar refractivity (Wildman–Crippen MR) is 109 cm³/mol. The van der Waals surface area contributed by atoms with Crippen LogP contribution in [-0.2, 0) is 6.54 Å². The van der Waals surface area contributed by atoms with Gasteiger partial charge in [0.15, 0.2) is 5.43 Å². The molecule has 0 unspecified atom stereocenters. The van der Waals surface area contributed by atoms with Crippen LogP contribution >= 0.6 is 23.4 Å². The molecule has 0 N–H and O–H groups in total. The molecule has 0 aliphatic carbocycles. The molecule has 0 spiro atoms. The minimum Gasteiger partial charge on any atom is -0.464 e. The molecule has 26 heavy (non-hydrogen) atoms.